The number of aromatic nitrogens is 3. The first-order chi connectivity index (χ1) is 18.3. The van der Waals surface area contributed by atoms with Gasteiger partial charge in [-0.1, -0.05) is 30.2 Å². The molecule has 3 aromatic rings. The molecule has 4 heterocycles. The smallest absolute Gasteiger partial charge is 0.329 e. The number of rotatable bonds is 5. The minimum Gasteiger partial charge on any atom is -0.329 e. The predicted molar refractivity (Wildman–Crippen MR) is 133 cm³/mol. The van der Waals surface area contributed by atoms with Gasteiger partial charge in [-0.25, -0.2) is 9.48 Å². The molecule has 1 unspecified atom stereocenters. The molecule has 10 nitrogen and oxygen atoms in total. The number of hydrogen-bond donors (Lipinski definition) is 1. The average Bonchev–Trinajstić information content (AvgIpc) is 3.22. The standard InChI is InChI=1S/C25H24F3N7O3/c1-2-3-12-33-21-20(35(38-23(37)25(26,27)28)24(33)32-13-10-29-11-14-32)15-31-34(22(21)36)16-19-18-7-5-4-6-17(18)8-9-30-19/h4-9,15,24,29H,10-14,16H2,1H3. The van der Waals surface area contributed by atoms with Gasteiger partial charge in [0.05, 0.1) is 25.0 Å². The summed E-state index contributed by atoms with van der Waals surface area (Å²) >= 11 is 0. The van der Waals surface area contributed by atoms with Crippen LogP contribution in [0, 0.1) is 11.8 Å². The van der Waals surface area contributed by atoms with Crippen molar-refractivity contribution in [2.24, 2.45) is 0 Å². The second-order valence-electron chi connectivity index (χ2n) is 8.71. The molecule has 0 bridgehead atoms. The minimum absolute atomic E-state index is 0.0178. The highest BCUT2D eigenvalue weighted by atomic mass is 19.4. The lowest BCUT2D eigenvalue weighted by atomic mass is 10.1. The van der Waals surface area contributed by atoms with Gasteiger partial charge in [0.15, 0.2) is 6.29 Å². The molecule has 38 heavy (non-hydrogen) atoms. The van der Waals surface area contributed by atoms with Crippen molar-refractivity contribution >= 4 is 28.1 Å². The molecule has 1 fully saturated rings. The van der Waals surface area contributed by atoms with Crippen molar-refractivity contribution in [2.45, 2.75) is 25.9 Å². The molecule has 1 N–H and O–H groups in total. The zero-order valence-corrected chi connectivity index (χ0v) is 20.4. The van der Waals surface area contributed by atoms with Crippen LogP contribution in [-0.4, -0.2) is 70.8 Å². The molecule has 2 aliphatic heterocycles. The van der Waals surface area contributed by atoms with Crippen LogP contribution in [0.4, 0.5) is 24.5 Å². The monoisotopic (exact) mass is 527 g/mol. The average molecular weight is 528 g/mol. The van der Waals surface area contributed by atoms with Gasteiger partial charge in [-0.05, 0) is 18.4 Å². The molecule has 0 radical (unpaired) electrons. The fraction of sp³-hybridized carbons (Fsp3) is 0.360. The number of nitrogens with zero attached hydrogens (tertiary/aromatic N) is 6. The summed E-state index contributed by atoms with van der Waals surface area (Å²) < 4.78 is 40.8. The molecule has 1 aromatic carbocycles. The topological polar surface area (TPSA) is 95.8 Å². The number of halogens is 3. The van der Waals surface area contributed by atoms with Crippen molar-refractivity contribution in [2.75, 3.05) is 42.7 Å². The first kappa shape index (κ1) is 25.5. The van der Waals surface area contributed by atoms with Crippen LogP contribution in [0.5, 0.6) is 0 Å². The van der Waals surface area contributed by atoms with Gasteiger partial charge in [0.25, 0.3) is 5.56 Å². The second-order valence-corrected chi connectivity index (χ2v) is 8.71. The number of pyridine rings is 1. The Morgan fingerprint density at radius 1 is 1.21 bits per heavy atom. The van der Waals surface area contributed by atoms with E-state index in [1.807, 2.05) is 35.2 Å². The Bertz CT molecular complexity index is 1470. The quantitative estimate of drug-likeness (QED) is 0.498. The molecule has 1 atom stereocenters. The molecule has 0 aliphatic carbocycles. The van der Waals surface area contributed by atoms with Crippen molar-refractivity contribution in [1.29, 1.82) is 0 Å². The predicted octanol–water partition coefficient (Wildman–Crippen LogP) is 1.70. The maximum Gasteiger partial charge on any atom is 0.493 e. The van der Waals surface area contributed by atoms with E-state index in [1.54, 1.807) is 18.0 Å². The highest BCUT2D eigenvalue weighted by Crippen LogP contribution is 2.38. The Hall–Kier alpha value is -4.15. The van der Waals surface area contributed by atoms with Gasteiger partial charge < -0.3 is 15.1 Å². The number of alkyl halides is 3. The van der Waals surface area contributed by atoms with Crippen molar-refractivity contribution in [3.63, 3.8) is 0 Å². The molecule has 2 aliphatic rings. The first-order valence-corrected chi connectivity index (χ1v) is 11.9. The van der Waals surface area contributed by atoms with Gasteiger partial charge in [0, 0.05) is 37.8 Å². The summed E-state index contributed by atoms with van der Waals surface area (Å²) in [5.41, 5.74) is 0.0352. The first-order valence-electron chi connectivity index (χ1n) is 11.9. The Labute approximate surface area is 215 Å². The molecular formula is C25H24F3N7O3. The lowest BCUT2D eigenvalue weighted by Gasteiger charge is -2.40. The number of benzene rings is 1. The third-order valence-electron chi connectivity index (χ3n) is 6.38. The van der Waals surface area contributed by atoms with Crippen LogP contribution in [0.1, 0.15) is 12.6 Å². The number of hydroxylamine groups is 1. The summed E-state index contributed by atoms with van der Waals surface area (Å²) in [5, 5.41) is 10.0. The lowest BCUT2D eigenvalue weighted by molar-refractivity contribution is -0.203. The molecule has 5 rings (SSSR count). The van der Waals surface area contributed by atoms with Crippen molar-refractivity contribution in [1.82, 2.24) is 25.0 Å². The summed E-state index contributed by atoms with van der Waals surface area (Å²) in [4.78, 5) is 38.4. The lowest BCUT2D eigenvalue weighted by Crippen LogP contribution is -2.61. The van der Waals surface area contributed by atoms with E-state index in [0.717, 1.165) is 15.8 Å². The number of anilines is 2. The van der Waals surface area contributed by atoms with Crippen LogP contribution < -0.4 is 20.8 Å². The van der Waals surface area contributed by atoms with Gasteiger partial charge in [-0.2, -0.15) is 23.3 Å². The molecule has 0 spiro atoms. The van der Waals surface area contributed by atoms with E-state index in [1.165, 1.54) is 10.9 Å². The normalized spacial score (nSPS) is 17.7. The van der Waals surface area contributed by atoms with Crippen LogP contribution in [0.3, 0.4) is 0 Å². The van der Waals surface area contributed by atoms with Crippen LogP contribution in [0.25, 0.3) is 10.8 Å². The number of carbonyl (C=O) groups excluding carboxylic acids is 1. The van der Waals surface area contributed by atoms with Crippen molar-refractivity contribution in [3.05, 3.63) is 58.8 Å². The van der Waals surface area contributed by atoms with Gasteiger partial charge in [0.1, 0.15) is 11.4 Å². The second kappa shape index (κ2) is 10.3. The summed E-state index contributed by atoms with van der Waals surface area (Å²) in [6.45, 7) is 3.68. The molecule has 0 amide bonds. The van der Waals surface area contributed by atoms with E-state index in [-0.39, 0.29) is 24.5 Å². The summed E-state index contributed by atoms with van der Waals surface area (Å²) in [6.07, 6.45) is -3.37. The van der Waals surface area contributed by atoms with E-state index < -0.39 is 24.0 Å². The molecular weight excluding hydrogens is 503 g/mol. The number of piperazine rings is 1. The molecule has 2 aromatic heterocycles. The molecule has 13 heteroatoms. The fourth-order valence-corrected chi connectivity index (χ4v) is 4.65. The van der Waals surface area contributed by atoms with Gasteiger partial charge >= 0.3 is 12.1 Å². The summed E-state index contributed by atoms with van der Waals surface area (Å²) in [6, 6.07) is 9.43. The maximum atomic E-state index is 13.8. The van der Waals surface area contributed by atoms with Gasteiger partial charge in [0.2, 0.25) is 0 Å². The highest BCUT2D eigenvalue weighted by Gasteiger charge is 2.49. The highest BCUT2D eigenvalue weighted by molar-refractivity contribution is 5.84. The van der Waals surface area contributed by atoms with E-state index in [0.29, 0.717) is 31.9 Å². The van der Waals surface area contributed by atoms with Crippen molar-refractivity contribution < 1.29 is 22.8 Å². The Kier molecular flexibility index (Phi) is 6.92. The third kappa shape index (κ3) is 4.75. The third-order valence-corrected chi connectivity index (χ3v) is 6.38. The van der Waals surface area contributed by atoms with E-state index >= 15 is 0 Å². The number of nitrogens with one attached hydrogen (secondary N) is 1. The van der Waals surface area contributed by atoms with Crippen LogP contribution in [0.2, 0.25) is 0 Å². The molecule has 198 valence electrons. The molecule has 1 saturated heterocycles. The number of hydrogen-bond acceptors (Lipinski definition) is 9. The largest absolute Gasteiger partial charge is 0.493 e. The number of fused-ring (bicyclic) bond motifs is 2. The van der Waals surface area contributed by atoms with E-state index in [4.69, 9.17) is 4.84 Å². The van der Waals surface area contributed by atoms with Crippen LogP contribution in [-0.2, 0) is 16.2 Å². The summed E-state index contributed by atoms with van der Waals surface area (Å²) in [7, 11) is 0. The van der Waals surface area contributed by atoms with Crippen LogP contribution in [0.15, 0.2) is 47.5 Å². The Morgan fingerprint density at radius 2 is 1.97 bits per heavy atom. The van der Waals surface area contributed by atoms with Gasteiger partial charge in [-0.15, -0.1) is 5.92 Å². The zero-order valence-electron chi connectivity index (χ0n) is 20.4. The Morgan fingerprint density at radius 3 is 2.71 bits per heavy atom. The van der Waals surface area contributed by atoms with Gasteiger partial charge in [-0.3, -0.25) is 14.7 Å². The Balaban J connectivity index is 1.60. The van der Waals surface area contributed by atoms with Crippen LogP contribution >= 0.6 is 0 Å². The van der Waals surface area contributed by atoms with E-state index in [2.05, 4.69) is 27.2 Å². The maximum absolute atomic E-state index is 13.8. The minimum atomic E-state index is -5.23. The van der Waals surface area contributed by atoms with E-state index in [9.17, 15) is 22.8 Å². The SMILES string of the molecule is CC#CCN1c2c(cnn(Cc3nccc4ccccc34)c2=O)N(OC(=O)C(F)(F)F)C1N1CCNCC1. The van der Waals surface area contributed by atoms with Crippen molar-refractivity contribution in [3.8, 4) is 11.8 Å². The fourth-order valence-electron chi connectivity index (χ4n) is 4.65. The zero-order chi connectivity index (χ0) is 26.9. The summed E-state index contributed by atoms with van der Waals surface area (Å²) in [5.74, 6) is 3.26. The number of carbonyl (C=O) groups is 1. The molecule has 0 saturated carbocycles.